The maximum absolute atomic E-state index is 5.95. The normalized spacial score (nSPS) is 13.2. The number of thiophene rings is 1. The van der Waals surface area contributed by atoms with Crippen LogP contribution in [0.3, 0.4) is 0 Å². The third kappa shape index (κ3) is 5.99. The maximum Gasteiger partial charge on any atom is 0.0769 e. The van der Waals surface area contributed by atoms with Crippen molar-refractivity contribution in [2.45, 2.75) is 111 Å². The average molecular weight is 599 g/mol. The first-order chi connectivity index (χ1) is 20.3. The van der Waals surface area contributed by atoms with Crippen molar-refractivity contribution in [1.82, 2.24) is 0 Å². The summed E-state index contributed by atoms with van der Waals surface area (Å²) in [6.07, 6.45) is 5.95. The van der Waals surface area contributed by atoms with E-state index in [1.165, 1.54) is 60.5 Å². The molecule has 1 aromatic rings. The molecular formula is C43H50S. The third-order valence-corrected chi connectivity index (χ3v) is 10.2. The molecule has 0 fully saturated rings. The van der Waals surface area contributed by atoms with Crippen LogP contribution in [0.5, 0.6) is 0 Å². The van der Waals surface area contributed by atoms with Gasteiger partial charge in [-0.2, -0.15) is 0 Å². The molecule has 0 atom stereocenters. The van der Waals surface area contributed by atoms with Crippen LogP contribution >= 0.6 is 11.3 Å². The number of hydrogen-bond acceptors (Lipinski definition) is 1. The molecule has 0 spiro atoms. The lowest BCUT2D eigenvalue weighted by Gasteiger charge is -2.19. The van der Waals surface area contributed by atoms with Gasteiger partial charge in [-0.05, 0) is 89.4 Å². The number of terminal acetylenes is 1. The fourth-order valence-corrected chi connectivity index (χ4v) is 7.49. The monoisotopic (exact) mass is 598 g/mol. The summed E-state index contributed by atoms with van der Waals surface area (Å²) in [6.45, 7) is 27.8. The minimum Gasteiger partial charge on any atom is -0.131 e. The van der Waals surface area contributed by atoms with Crippen molar-refractivity contribution in [3.05, 3.63) is 116 Å². The highest BCUT2D eigenvalue weighted by Gasteiger charge is 2.34. The quantitative estimate of drug-likeness (QED) is 0.181. The van der Waals surface area contributed by atoms with Crippen molar-refractivity contribution in [1.29, 1.82) is 0 Å². The maximum atomic E-state index is 5.95. The van der Waals surface area contributed by atoms with Gasteiger partial charge in [0.15, 0.2) is 0 Å². The molecule has 1 aromatic heterocycles. The largest absolute Gasteiger partial charge is 0.131 e. The molecule has 0 aliphatic heterocycles. The summed E-state index contributed by atoms with van der Waals surface area (Å²) in [6, 6.07) is 28.3. The van der Waals surface area contributed by atoms with Gasteiger partial charge < -0.3 is 0 Å². The van der Waals surface area contributed by atoms with Crippen LogP contribution in [0, 0.1) is 12.3 Å². The Hall–Kier alpha value is -3.34. The molecule has 44 heavy (non-hydrogen) atoms. The van der Waals surface area contributed by atoms with Gasteiger partial charge in [0.1, 0.15) is 0 Å². The van der Waals surface area contributed by atoms with E-state index in [2.05, 4.69) is 162 Å². The zero-order valence-electron chi connectivity index (χ0n) is 29.0. The lowest BCUT2D eigenvalue weighted by atomic mass is 9.85. The van der Waals surface area contributed by atoms with E-state index in [4.69, 9.17) is 6.42 Å². The van der Waals surface area contributed by atoms with Crippen LogP contribution in [0.25, 0.3) is 22.3 Å². The second-order valence-corrected chi connectivity index (χ2v) is 17.8. The van der Waals surface area contributed by atoms with Gasteiger partial charge in [-0.25, -0.2) is 0 Å². The second kappa shape index (κ2) is 10.9. The topological polar surface area (TPSA) is 0 Å². The van der Waals surface area contributed by atoms with Crippen LogP contribution in [-0.2, 0) is 21.7 Å². The van der Waals surface area contributed by atoms with Crippen molar-refractivity contribution in [2.24, 2.45) is 0 Å². The zero-order valence-corrected chi connectivity index (χ0v) is 29.8. The Morgan fingerprint density at radius 3 is 1.20 bits per heavy atom. The molecule has 0 bridgehead atoms. The van der Waals surface area contributed by atoms with E-state index in [9.17, 15) is 0 Å². The van der Waals surface area contributed by atoms with E-state index in [0.717, 1.165) is 4.88 Å². The van der Waals surface area contributed by atoms with E-state index >= 15 is 0 Å². The summed E-state index contributed by atoms with van der Waals surface area (Å²) in [5.74, 6) is 2.97. The first kappa shape index (κ1) is 32.1. The van der Waals surface area contributed by atoms with E-state index in [0.29, 0.717) is 0 Å². The molecule has 0 nitrogen and oxygen atoms in total. The highest BCUT2D eigenvalue weighted by molar-refractivity contribution is 7.12. The molecule has 0 saturated carbocycles. The lowest BCUT2D eigenvalue weighted by Crippen LogP contribution is -2.11. The van der Waals surface area contributed by atoms with Crippen molar-refractivity contribution in [3.8, 4) is 34.6 Å². The Labute approximate surface area is 271 Å². The van der Waals surface area contributed by atoms with E-state index in [1.807, 2.05) is 0 Å². The van der Waals surface area contributed by atoms with Crippen LogP contribution in [0.1, 0.15) is 132 Å². The van der Waals surface area contributed by atoms with E-state index in [1.54, 1.807) is 11.3 Å². The summed E-state index contributed by atoms with van der Waals surface area (Å²) in [4.78, 5) is 2.27. The first-order valence-corrected chi connectivity index (χ1v) is 16.8. The van der Waals surface area contributed by atoms with Crippen LogP contribution in [-0.4, -0.2) is 0 Å². The van der Waals surface area contributed by atoms with Gasteiger partial charge in [0, 0.05) is 10.8 Å². The summed E-state index contributed by atoms with van der Waals surface area (Å²) >= 11 is 1.75. The van der Waals surface area contributed by atoms with Gasteiger partial charge in [-0.3, -0.25) is 0 Å². The van der Waals surface area contributed by atoms with Crippen molar-refractivity contribution >= 4 is 11.3 Å². The standard InChI is InChI=1S/C43H50S/c1-14-29-19-24-38(44-29)39(34-25-36(42(8,9)10)32-22-17-27(40(2,3)4)15-20-30(32)34)35-26-37(43(11,12)13)33-23-18-28(41(5,6)7)16-21-31(33)35/h1,15-26,39H,2-13H3. The molecule has 0 amide bonds. The van der Waals surface area contributed by atoms with Gasteiger partial charge in [0.2, 0.25) is 0 Å². The van der Waals surface area contributed by atoms with Gasteiger partial charge in [-0.1, -0.05) is 150 Å². The number of fused-ring (bicyclic) bond motifs is 2. The third-order valence-electron chi connectivity index (χ3n) is 9.12. The van der Waals surface area contributed by atoms with Gasteiger partial charge >= 0.3 is 0 Å². The Balaban J connectivity index is 1.90. The molecule has 0 aromatic carbocycles. The second-order valence-electron chi connectivity index (χ2n) is 16.7. The Morgan fingerprint density at radius 2 is 0.886 bits per heavy atom. The van der Waals surface area contributed by atoms with E-state index < -0.39 is 0 Å². The molecule has 5 rings (SSSR count). The number of rotatable bonds is 3. The molecule has 1 heteroatoms. The Kier molecular flexibility index (Phi) is 7.96. The fourth-order valence-electron chi connectivity index (χ4n) is 6.54. The van der Waals surface area contributed by atoms with Crippen LogP contribution < -0.4 is 0 Å². The van der Waals surface area contributed by atoms with Crippen molar-refractivity contribution < 1.29 is 0 Å². The minimum absolute atomic E-state index is 0.00453. The van der Waals surface area contributed by atoms with Gasteiger partial charge in [0.25, 0.3) is 0 Å². The van der Waals surface area contributed by atoms with Crippen molar-refractivity contribution in [2.75, 3.05) is 0 Å². The number of hydrogen-bond donors (Lipinski definition) is 0. The zero-order chi connectivity index (χ0) is 32.4. The first-order valence-electron chi connectivity index (χ1n) is 16.0. The van der Waals surface area contributed by atoms with Crippen molar-refractivity contribution in [3.63, 3.8) is 0 Å². The average Bonchev–Trinajstić information content (AvgIpc) is 3.50. The molecule has 0 radical (unpaired) electrons. The molecule has 4 aliphatic rings. The predicted molar refractivity (Wildman–Crippen MR) is 194 cm³/mol. The van der Waals surface area contributed by atoms with Crippen LogP contribution in [0.4, 0.5) is 0 Å². The Bertz CT molecular complexity index is 1680. The predicted octanol–water partition coefficient (Wildman–Crippen LogP) is 12.3. The van der Waals surface area contributed by atoms with Crippen LogP contribution in [0.15, 0.2) is 72.8 Å². The Morgan fingerprint density at radius 1 is 0.500 bits per heavy atom. The highest BCUT2D eigenvalue weighted by Crippen LogP contribution is 2.51. The van der Waals surface area contributed by atoms with Gasteiger partial charge in [-0.15, -0.1) is 17.8 Å². The van der Waals surface area contributed by atoms with E-state index in [-0.39, 0.29) is 27.6 Å². The summed E-state index contributed by atoms with van der Waals surface area (Å²) in [7, 11) is 0. The molecule has 0 N–H and O–H groups in total. The van der Waals surface area contributed by atoms with Crippen LogP contribution in [0.2, 0.25) is 0 Å². The lowest BCUT2D eigenvalue weighted by molar-refractivity contribution is 0.590. The molecule has 0 unspecified atom stereocenters. The molecular weight excluding hydrogens is 549 g/mol. The van der Waals surface area contributed by atoms with Gasteiger partial charge in [0.05, 0.1) is 4.88 Å². The summed E-state index contributed by atoms with van der Waals surface area (Å²) in [5, 5.41) is 0. The highest BCUT2D eigenvalue weighted by atomic mass is 32.1. The summed E-state index contributed by atoms with van der Waals surface area (Å²) in [5.41, 5.74) is 13.7. The smallest absolute Gasteiger partial charge is 0.0769 e. The SMILES string of the molecule is C#Cc1ccc(C(c2cc(C(C)(C)C)c3ccc(C(C)(C)C)ccc2-3)c2cc(C(C)(C)C)c3ccc(C(C)(C)C)ccc2-3)s1. The fraction of sp³-hybridized carbons (Fsp3) is 0.395. The molecule has 4 aliphatic carbocycles. The minimum atomic E-state index is -0.00453. The summed E-state index contributed by atoms with van der Waals surface area (Å²) < 4.78 is 0. The molecule has 1 heterocycles. The molecule has 0 saturated heterocycles. The molecule has 228 valence electrons.